The minimum absolute atomic E-state index is 0.0438. The molecule has 0 spiro atoms. The minimum Gasteiger partial charge on any atom is -0.312 e. The van der Waals surface area contributed by atoms with Crippen LogP contribution in [-0.2, 0) is 28.4 Å². The van der Waals surface area contributed by atoms with E-state index in [1.54, 1.807) is 38.2 Å². The SMILES string of the molecule is Cc1nn(C)c(C)c1CN(C1CC1)S(=O)(=O)c1ccc(N2CCCCC2=O)cc1. The van der Waals surface area contributed by atoms with Gasteiger partial charge in [0.25, 0.3) is 0 Å². The Morgan fingerprint density at radius 1 is 1.14 bits per heavy atom. The van der Waals surface area contributed by atoms with Gasteiger partial charge in [0.05, 0.1) is 10.6 Å². The predicted molar refractivity (Wildman–Crippen MR) is 111 cm³/mol. The molecule has 2 aromatic rings. The number of benzene rings is 1. The lowest BCUT2D eigenvalue weighted by atomic mass is 10.1. The van der Waals surface area contributed by atoms with Crippen LogP contribution in [0.25, 0.3) is 0 Å². The maximum absolute atomic E-state index is 13.4. The standard InChI is InChI=1S/C21H28N4O3S/c1-15-20(16(2)23(3)22-15)14-25(18-7-8-18)29(27,28)19-11-9-17(10-12-19)24-13-5-4-6-21(24)26/h9-12,18H,4-8,13-14H2,1-3H3. The van der Waals surface area contributed by atoms with Crippen LogP contribution in [0.15, 0.2) is 29.2 Å². The molecule has 0 unspecified atom stereocenters. The molecule has 1 saturated carbocycles. The van der Waals surface area contributed by atoms with Crippen LogP contribution < -0.4 is 4.90 Å². The molecule has 0 N–H and O–H groups in total. The molecule has 2 heterocycles. The Labute approximate surface area is 172 Å². The van der Waals surface area contributed by atoms with Crippen molar-refractivity contribution in [3.05, 3.63) is 41.2 Å². The summed E-state index contributed by atoms with van der Waals surface area (Å²) in [6, 6.07) is 6.81. The van der Waals surface area contributed by atoms with E-state index in [2.05, 4.69) is 5.10 Å². The normalized spacial score (nSPS) is 17.9. The van der Waals surface area contributed by atoms with Crippen molar-refractivity contribution < 1.29 is 13.2 Å². The molecule has 0 atom stereocenters. The molecular weight excluding hydrogens is 388 g/mol. The largest absolute Gasteiger partial charge is 0.312 e. The summed E-state index contributed by atoms with van der Waals surface area (Å²) in [6.45, 7) is 4.92. The zero-order chi connectivity index (χ0) is 20.8. The number of sulfonamides is 1. The lowest BCUT2D eigenvalue weighted by Crippen LogP contribution is -2.35. The first-order valence-corrected chi connectivity index (χ1v) is 11.6. The van der Waals surface area contributed by atoms with Gasteiger partial charge in [-0.15, -0.1) is 0 Å². The number of piperidine rings is 1. The Kier molecular flexibility index (Phi) is 5.25. The molecule has 0 bridgehead atoms. The molecule has 29 heavy (non-hydrogen) atoms. The first-order chi connectivity index (χ1) is 13.8. The quantitative estimate of drug-likeness (QED) is 0.726. The summed E-state index contributed by atoms with van der Waals surface area (Å²) >= 11 is 0. The van der Waals surface area contributed by atoms with Crippen LogP contribution in [0.1, 0.15) is 49.1 Å². The molecule has 2 fully saturated rings. The van der Waals surface area contributed by atoms with Crippen LogP contribution in [0.3, 0.4) is 0 Å². The van der Waals surface area contributed by atoms with Crippen LogP contribution in [0.4, 0.5) is 5.69 Å². The van der Waals surface area contributed by atoms with E-state index in [9.17, 15) is 13.2 Å². The van der Waals surface area contributed by atoms with Gasteiger partial charge in [-0.1, -0.05) is 0 Å². The topological polar surface area (TPSA) is 75.5 Å². The van der Waals surface area contributed by atoms with E-state index in [1.807, 2.05) is 20.9 Å². The van der Waals surface area contributed by atoms with Gasteiger partial charge in [0.15, 0.2) is 0 Å². The molecule has 0 radical (unpaired) electrons. The molecule has 4 rings (SSSR count). The summed E-state index contributed by atoms with van der Waals surface area (Å²) in [4.78, 5) is 14.2. The highest BCUT2D eigenvalue weighted by molar-refractivity contribution is 7.89. The lowest BCUT2D eigenvalue weighted by Gasteiger charge is -2.27. The molecule has 2 aliphatic rings. The molecule has 7 nitrogen and oxygen atoms in total. The van der Waals surface area contributed by atoms with E-state index in [4.69, 9.17) is 0 Å². The molecular formula is C21H28N4O3S. The Hall–Kier alpha value is -2.19. The summed E-state index contributed by atoms with van der Waals surface area (Å²) in [5.41, 5.74) is 3.59. The highest BCUT2D eigenvalue weighted by Crippen LogP contribution is 2.35. The number of hydrogen-bond acceptors (Lipinski definition) is 4. The van der Waals surface area contributed by atoms with E-state index >= 15 is 0 Å². The molecule has 8 heteroatoms. The van der Waals surface area contributed by atoms with Gasteiger partial charge in [0, 0.05) is 49.5 Å². The van der Waals surface area contributed by atoms with Crippen molar-refractivity contribution in [1.82, 2.24) is 14.1 Å². The van der Waals surface area contributed by atoms with E-state index in [0.717, 1.165) is 48.3 Å². The zero-order valence-electron chi connectivity index (χ0n) is 17.3. The average Bonchev–Trinajstić information content (AvgIpc) is 3.49. The van der Waals surface area contributed by atoms with E-state index in [-0.39, 0.29) is 16.8 Å². The lowest BCUT2D eigenvalue weighted by molar-refractivity contribution is -0.119. The van der Waals surface area contributed by atoms with Gasteiger partial charge < -0.3 is 4.90 Å². The second kappa shape index (κ2) is 7.57. The van der Waals surface area contributed by atoms with Gasteiger partial charge in [0.2, 0.25) is 15.9 Å². The number of hydrogen-bond donors (Lipinski definition) is 0. The second-order valence-corrected chi connectivity index (χ2v) is 9.94. The molecule has 156 valence electrons. The average molecular weight is 417 g/mol. The zero-order valence-corrected chi connectivity index (χ0v) is 18.1. The van der Waals surface area contributed by atoms with Crippen LogP contribution >= 0.6 is 0 Å². The smallest absolute Gasteiger partial charge is 0.243 e. The predicted octanol–water partition coefficient (Wildman–Crippen LogP) is 2.91. The van der Waals surface area contributed by atoms with Crippen molar-refractivity contribution >= 4 is 21.6 Å². The molecule has 1 aromatic heterocycles. The van der Waals surface area contributed by atoms with Gasteiger partial charge >= 0.3 is 0 Å². The van der Waals surface area contributed by atoms with Crippen molar-refractivity contribution in [3.63, 3.8) is 0 Å². The van der Waals surface area contributed by atoms with Gasteiger partial charge in [-0.25, -0.2) is 8.42 Å². The fraction of sp³-hybridized carbons (Fsp3) is 0.524. The minimum atomic E-state index is -3.63. The van der Waals surface area contributed by atoms with Crippen molar-refractivity contribution in [2.75, 3.05) is 11.4 Å². The monoisotopic (exact) mass is 416 g/mol. The summed E-state index contributed by atoms with van der Waals surface area (Å²) in [7, 11) is -1.75. The summed E-state index contributed by atoms with van der Waals surface area (Å²) < 4.78 is 30.2. The number of carbonyl (C=O) groups excluding carboxylic acids is 1. The number of rotatable bonds is 6. The highest BCUT2D eigenvalue weighted by Gasteiger charge is 2.39. The van der Waals surface area contributed by atoms with Crippen LogP contribution in [0, 0.1) is 13.8 Å². The third kappa shape index (κ3) is 3.83. The number of anilines is 1. The molecule has 1 aliphatic heterocycles. The molecule has 1 saturated heterocycles. The Bertz CT molecular complexity index is 1020. The maximum Gasteiger partial charge on any atom is 0.243 e. The first-order valence-electron chi connectivity index (χ1n) is 10.2. The summed E-state index contributed by atoms with van der Waals surface area (Å²) in [6.07, 6.45) is 4.23. The highest BCUT2D eigenvalue weighted by atomic mass is 32.2. The maximum atomic E-state index is 13.4. The van der Waals surface area contributed by atoms with Crippen molar-refractivity contribution in [2.24, 2.45) is 7.05 Å². The van der Waals surface area contributed by atoms with Crippen molar-refractivity contribution in [1.29, 1.82) is 0 Å². The third-order valence-corrected chi connectivity index (χ3v) is 7.92. The second-order valence-electron chi connectivity index (χ2n) is 8.05. The van der Waals surface area contributed by atoms with E-state index in [0.29, 0.717) is 19.5 Å². The van der Waals surface area contributed by atoms with Crippen LogP contribution in [0.5, 0.6) is 0 Å². The van der Waals surface area contributed by atoms with Crippen molar-refractivity contribution in [2.45, 2.75) is 63.4 Å². The Balaban J connectivity index is 1.61. The van der Waals surface area contributed by atoms with Gasteiger partial charge in [-0.05, 0) is 63.8 Å². The fourth-order valence-electron chi connectivity index (χ4n) is 3.99. The number of aromatic nitrogens is 2. The van der Waals surface area contributed by atoms with Crippen LogP contribution in [-0.4, -0.2) is 41.0 Å². The number of aryl methyl sites for hydroxylation is 2. The molecule has 1 aliphatic carbocycles. The third-order valence-electron chi connectivity index (χ3n) is 6.01. The van der Waals surface area contributed by atoms with E-state index in [1.165, 1.54) is 0 Å². The Morgan fingerprint density at radius 3 is 2.38 bits per heavy atom. The Morgan fingerprint density at radius 2 is 1.83 bits per heavy atom. The van der Waals surface area contributed by atoms with Crippen LogP contribution in [0.2, 0.25) is 0 Å². The first kappa shape index (κ1) is 20.1. The van der Waals surface area contributed by atoms with Gasteiger partial charge in [-0.3, -0.25) is 9.48 Å². The van der Waals surface area contributed by atoms with Crippen molar-refractivity contribution in [3.8, 4) is 0 Å². The molecule has 1 amide bonds. The number of carbonyl (C=O) groups is 1. The molecule has 1 aromatic carbocycles. The van der Waals surface area contributed by atoms with Gasteiger partial charge in [0.1, 0.15) is 0 Å². The number of amides is 1. The fourth-order valence-corrected chi connectivity index (χ4v) is 5.64. The number of nitrogens with zero attached hydrogens (tertiary/aromatic N) is 4. The van der Waals surface area contributed by atoms with E-state index < -0.39 is 10.0 Å². The summed E-state index contributed by atoms with van der Waals surface area (Å²) in [5.74, 6) is 0.106. The van der Waals surface area contributed by atoms with Gasteiger partial charge in [-0.2, -0.15) is 9.40 Å². The summed E-state index contributed by atoms with van der Waals surface area (Å²) in [5, 5.41) is 4.43.